The van der Waals surface area contributed by atoms with Gasteiger partial charge in [-0.2, -0.15) is 5.10 Å². The first-order valence-corrected chi connectivity index (χ1v) is 8.81. The first kappa shape index (κ1) is 22.2. The minimum atomic E-state index is 0. The van der Waals surface area contributed by atoms with Crippen LogP contribution in [0.5, 0.6) is 0 Å². The van der Waals surface area contributed by atoms with Crippen LogP contribution in [0.15, 0.2) is 4.99 Å². The largest absolute Gasteiger partial charge is 0.383 e. The number of hydrogen-bond acceptors (Lipinski definition) is 4. The van der Waals surface area contributed by atoms with Crippen LogP contribution in [0.4, 0.5) is 0 Å². The molecule has 2 N–H and O–H groups in total. The molecule has 1 aromatic heterocycles. The third kappa shape index (κ3) is 6.74. The highest BCUT2D eigenvalue weighted by atomic mass is 127. The Hall–Kier alpha value is -0.870. The Balaban J connectivity index is 0.00000312. The van der Waals surface area contributed by atoms with Gasteiger partial charge in [-0.05, 0) is 33.6 Å². The number of guanidine groups is 1. The summed E-state index contributed by atoms with van der Waals surface area (Å²) < 4.78 is 12.8. The van der Waals surface area contributed by atoms with Crippen LogP contribution in [0.1, 0.15) is 36.7 Å². The average Bonchev–Trinajstić information content (AvgIpc) is 3.17. The SMILES string of the molecule is CCNC(=NCc1c(C)nn(CCOC)c1C)NCC1CCCO1.I. The molecule has 0 radical (unpaired) electrons. The molecule has 144 valence electrons. The molecule has 0 amide bonds. The molecule has 0 saturated carbocycles. The van der Waals surface area contributed by atoms with Crippen LogP contribution in [0, 0.1) is 13.8 Å². The molecule has 1 aliphatic rings. The second kappa shape index (κ2) is 11.7. The van der Waals surface area contributed by atoms with E-state index < -0.39 is 0 Å². The summed E-state index contributed by atoms with van der Waals surface area (Å²) in [5, 5.41) is 11.3. The van der Waals surface area contributed by atoms with Gasteiger partial charge in [-0.25, -0.2) is 4.99 Å². The van der Waals surface area contributed by atoms with E-state index in [1.165, 1.54) is 5.56 Å². The normalized spacial score (nSPS) is 17.4. The summed E-state index contributed by atoms with van der Waals surface area (Å²) in [6.07, 6.45) is 2.57. The van der Waals surface area contributed by atoms with Gasteiger partial charge >= 0.3 is 0 Å². The standard InChI is InChI=1S/C17H31N5O2.HI/c1-5-18-17(19-11-15-7-6-9-24-15)20-12-16-13(2)21-22(14(16)3)8-10-23-4;/h15H,5-12H2,1-4H3,(H2,18,19,20);1H. The molecule has 0 aromatic carbocycles. The third-order valence-corrected chi connectivity index (χ3v) is 4.30. The Bertz CT molecular complexity index is 541. The lowest BCUT2D eigenvalue weighted by Gasteiger charge is -2.14. The molecule has 1 unspecified atom stereocenters. The quantitative estimate of drug-likeness (QED) is 0.349. The van der Waals surface area contributed by atoms with Gasteiger partial charge in [0.15, 0.2) is 5.96 Å². The van der Waals surface area contributed by atoms with E-state index >= 15 is 0 Å². The molecule has 1 aromatic rings. The molecule has 0 spiro atoms. The Labute approximate surface area is 168 Å². The predicted octanol–water partition coefficient (Wildman–Crippen LogP) is 2.00. The molecule has 7 nitrogen and oxygen atoms in total. The van der Waals surface area contributed by atoms with Gasteiger partial charge in [-0.1, -0.05) is 0 Å². The van der Waals surface area contributed by atoms with Crippen molar-refractivity contribution in [3.05, 3.63) is 17.0 Å². The number of nitrogens with one attached hydrogen (secondary N) is 2. The summed E-state index contributed by atoms with van der Waals surface area (Å²) in [4.78, 5) is 4.71. The summed E-state index contributed by atoms with van der Waals surface area (Å²) >= 11 is 0. The summed E-state index contributed by atoms with van der Waals surface area (Å²) in [5.74, 6) is 0.830. The second-order valence-corrected chi connectivity index (χ2v) is 6.08. The molecular formula is C17H32IN5O2. The summed E-state index contributed by atoms with van der Waals surface area (Å²) in [7, 11) is 1.71. The van der Waals surface area contributed by atoms with E-state index in [4.69, 9.17) is 14.5 Å². The van der Waals surface area contributed by atoms with Crippen LogP contribution in [0.3, 0.4) is 0 Å². The number of rotatable bonds is 8. The fourth-order valence-electron chi connectivity index (χ4n) is 2.87. The van der Waals surface area contributed by atoms with Gasteiger partial charge in [0.05, 0.1) is 31.5 Å². The number of halogens is 1. The summed E-state index contributed by atoms with van der Waals surface area (Å²) in [5.41, 5.74) is 3.37. The molecule has 1 atom stereocenters. The summed E-state index contributed by atoms with van der Waals surface area (Å²) in [6, 6.07) is 0. The van der Waals surface area contributed by atoms with Crippen molar-refractivity contribution >= 4 is 29.9 Å². The second-order valence-electron chi connectivity index (χ2n) is 6.08. The van der Waals surface area contributed by atoms with Crippen molar-refractivity contribution in [3.63, 3.8) is 0 Å². The average molecular weight is 465 g/mol. The topological polar surface area (TPSA) is 72.7 Å². The van der Waals surface area contributed by atoms with Crippen molar-refractivity contribution in [2.45, 2.75) is 52.8 Å². The lowest BCUT2D eigenvalue weighted by molar-refractivity contribution is 0.114. The molecule has 1 fully saturated rings. The maximum atomic E-state index is 5.65. The van der Waals surface area contributed by atoms with Crippen molar-refractivity contribution in [1.29, 1.82) is 0 Å². The van der Waals surface area contributed by atoms with Crippen LogP contribution in [0.2, 0.25) is 0 Å². The van der Waals surface area contributed by atoms with Crippen molar-refractivity contribution in [2.24, 2.45) is 4.99 Å². The van der Waals surface area contributed by atoms with Crippen LogP contribution in [0.25, 0.3) is 0 Å². The molecule has 2 heterocycles. The highest BCUT2D eigenvalue weighted by Crippen LogP contribution is 2.14. The van der Waals surface area contributed by atoms with Gasteiger partial charge in [-0.3, -0.25) is 4.68 Å². The van der Waals surface area contributed by atoms with E-state index in [0.29, 0.717) is 19.3 Å². The minimum absolute atomic E-state index is 0. The molecule has 8 heteroatoms. The number of ether oxygens (including phenoxy) is 2. The minimum Gasteiger partial charge on any atom is -0.383 e. The number of methoxy groups -OCH3 is 1. The van der Waals surface area contributed by atoms with Crippen molar-refractivity contribution in [1.82, 2.24) is 20.4 Å². The molecule has 1 aliphatic heterocycles. The molecule has 25 heavy (non-hydrogen) atoms. The van der Waals surface area contributed by atoms with Gasteiger partial charge in [0, 0.05) is 38.1 Å². The number of aromatic nitrogens is 2. The van der Waals surface area contributed by atoms with Crippen LogP contribution in [-0.2, 0) is 22.6 Å². The Morgan fingerprint density at radius 3 is 2.84 bits per heavy atom. The fourth-order valence-corrected chi connectivity index (χ4v) is 2.87. The highest BCUT2D eigenvalue weighted by Gasteiger charge is 2.16. The van der Waals surface area contributed by atoms with Crippen LogP contribution < -0.4 is 10.6 Å². The van der Waals surface area contributed by atoms with E-state index in [2.05, 4.69) is 29.6 Å². The van der Waals surface area contributed by atoms with Crippen molar-refractivity contribution < 1.29 is 9.47 Å². The van der Waals surface area contributed by atoms with Gasteiger partial charge in [0.2, 0.25) is 0 Å². The Kier molecular flexibility index (Phi) is 10.4. The zero-order valence-electron chi connectivity index (χ0n) is 15.8. The van der Waals surface area contributed by atoms with E-state index in [1.54, 1.807) is 7.11 Å². The number of hydrogen-bond donors (Lipinski definition) is 2. The van der Waals surface area contributed by atoms with Gasteiger partial charge < -0.3 is 20.1 Å². The molecule has 0 aliphatic carbocycles. The lowest BCUT2D eigenvalue weighted by atomic mass is 10.2. The predicted molar refractivity (Wildman–Crippen MR) is 111 cm³/mol. The van der Waals surface area contributed by atoms with E-state index in [-0.39, 0.29) is 24.0 Å². The third-order valence-electron chi connectivity index (χ3n) is 4.30. The fraction of sp³-hybridized carbons (Fsp3) is 0.765. The number of aliphatic imine (C=N–C) groups is 1. The van der Waals surface area contributed by atoms with E-state index in [9.17, 15) is 0 Å². The van der Waals surface area contributed by atoms with Crippen molar-refractivity contribution in [2.75, 3.05) is 33.4 Å². The van der Waals surface area contributed by atoms with E-state index in [1.807, 2.05) is 11.6 Å². The van der Waals surface area contributed by atoms with Crippen LogP contribution >= 0.6 is 24.0 Å². The molecule has 2 rings (SSSR count). The van der Waals surface area contributed by atoms with Crippen LogP contribution in [-0.4, -0.2) is 55.3 Å². The zero-order valence-corrected chi connectivity index (χ0v) is 18.1. The first-order chi connectivity index (χ1) is 11.7. The Morgan fingerprint density at radius 2 is 2.20 bits per heavy atom. The summed E-state index contributed by atoms with van der Waals surface area (Å²) in [6.45, 7) is 10.8. The van der Waals surface area contributed by atoms with Crippen molar-refractivity contribution in [3.8, 4) is 0 Å². The van der Waals surface area contributed by atoms with E-state index in [0.717, 1.165) is 56.4 Å². The maximum absolute atomic E-state index is 5.65. The molecular weight excluding hydrogens is 433 g/mol. The lowest BCUT2D eigenvalue weighted by Crippen LogP contribution is -2.41. The smallest absolute Gasteiger partial charge is 0.191 e. The number of nitrogens with zero attached hydrogens (tertiary/aromatic N) is 3. The first-order valence-electron chi connectivity index (χ1n) is 8.81. The monoisotopic (exact) mass is 465 g/mol. The molecule has 0 bridgehead atoms. The van der Waals surface area contributed by atoms with Gasteiger partial charge in [0.25, 0.3) is 0 Å². The maximum Gasteiger partial charge on any atom is 0.191 e. The van der Waals surface area contributed by atoms with Gasteiger partial charge in [0.1, 0.15) is 0 Å². The number of aryl methyl sites for hydroxylation is 1. The molecule has 1 saturated heterocycles. The highest BCUT2D eigenvalue weighted by molar-refractivity contribution is 14.0. The zero-order chi connectivity index (χ0) is 17.4. The van der Waals surface area contributed by atoms with Gasteiger partial charge in [-0.15, -0.1) is 24.0 Å². The Morgan fingerprint density at radius 1 is 1.40 bits per heavy atom.